The van der Waals surface area contributed by atoms with Gasteiger partial charge in [-0.15, -0.1) is 0 Å². The van der Waals surface area contributed by atoms with Crippen LogP contribution in [0.5, 0.6) is 0 Å². The molecule has 1 aromatic carbocycles. The zero-order chi connectivity index (χ0) is 11.4. The topological polar surface area (TPSA) is 41.1 Å². The van der Waals surface area contributed by atoms with E-state index < -0.39 is 0 Å². The summed E-state index contributed by atoms with van der Waals surface area (Å²) in [5, 5.41) is 6.12. The SMILES string of the molecule is Cc1cccc(CCC2CNC(=O)CN2)c1. The monoisotopic (exact) mass is 218 g/mol. The van der Waals surface area contributed by atoms with Crippen LogP contribution < -0.4 is 10.6 Å². The molecule has 0 bridgehead atoms. The highest BCUT2D eigenvalue weighted by Crippen LogP contribution is 2.08. The van der Waals surface area contributed by atoms with Crippen LogP contribution in [-0.2, 0) is 11.2 Å². The van der Waals surface area contributed by atoms with Crippen molar-refractivity contribution in [3.8, 4) is 0 Å². The molecule has 2 N–H and O–H groups in total. The molecule has 1 unspecified atom stereocenters. The van der Waals surface area contributed by atoms with Gasteiger partial charge in [-0.05, 0) is 25.3 Å². The van der Waals surface area contributed by atoms with Crippen molar-refractivity contribution in [1.29, 1.82) is 0 Å². The molecule has 1 aliphatic heterocycles. The van der Waals surface area contributed by atoms with Gasteiger partial charge in [0.2, 0.25) is 5.91 Å². The van der Waals surface area contributed by atoms with Crippen LogP contribution >= 0.6 is 0 Å². The van der Waals surface area contributed by atoms with Gasteiger partial charge in [-0.25, -0.2) is 0 Å². The highest BCUT2D eigenvalue weighted by atomic mass is 16.2. The number of amides is 1. The summed E-state index contributed by atoms with van der Waals surface area (Å²) in [7, 11) is 0. The molecule has 1 atom stereocenters. The molecule has 3 nitrogen and oxygen atoms in total. The molecule has 3 heteroatoms. The van der Waals surface area contributed by atoms with Gasteiger partial charge in [0.1, 0.15) is 0 Å². The first-order chi connectivity index (χ1) is 7.74. The van der Waals surface area contributed by atoms with Crippen molar-refractivity contribution in [3.63, 3.8) is 0 Å². The molecule has 0 radical (unpaired) electrons. The van der Waals surface area contributed by atoms with Crippen molar-refractivity contribution in [3.05, 3.63) is 35.4 Å². The van der Waals surface area contributed by atoms with Gasteiger partial charge in [0.05, 0.1) is 6.54 Å². The molecule has 0 aliphatic carbocycles. The van der Waals surface area contributed by atoms with Gasteiger partial charge in [0.15, 0.2) is 0 Å². The maximum absolute atomic E-state index is 11.0. The van der Waals surface area contributed by atoms with Crippen molar-refractivity contribution >= 4 is 5.91 Å². The molecule has 0 spiro atoms. The number of hydrogen-bond donors (Lipinski definition) is 2. The van der Waals surface area contributed by atoms with Gasteiger partial charge in [-0.3, -0.25) is 4.79 Å². The molecule has 1 amide bonds. The summed E-state index contributed by atoms with van der Waals surface area (Å²) in [5.41, 5.74) is 2.68. The quantitative estimate of drug-likeness (QED) is 0.795. The zero-order valence-corrected chi connectivity index (χ0v) is 9.62. The van der Waals surface area contributed by atoms with Crippen LogP contribution in [0.25, 0.3) is 0 Å². The molecule has 16 heavy (non-hydrogen) atoms. The Labute approximate surface area is 96.2 Å². The second kappa shape index (κ2) is 5.12. The largest absolute Gasteiger partial charge is 0.353 e. The number of carbonyl (C=O) groups excluding carboxylic acids is 1. The zero-order valence-electron chi connectivity index (χ0n) is 9.62. The van der Waals surface area contributed by atoms with E-state index in [0.717, 1.165) is 19.4 Å². The van der Waals surface area contributed by atoms with Crippen LogP contribution in [0.2, 0.25) is 0 Å². The Hall–Kier alpha value is -1.35. The highest BCUT2D eigenvalue weighted by Gasteiger charge is 2.16. The Bertz CT molecular complexity index is 366. The van der Waals surface area contributed by atoms with Gasteiger partial charge in [-0.2, -0.15) is 0 Å². The van der Waals surface area contributed by atoms with Crippen molar-refractivity contribution in [2.45, 2.75) is 25.8 Å². The van der Waals surface area contributed by atoms with Crippen molar-refractivity contribution in [2.24, 2.45) is 0 Å². The predicted octanol–water partition coefficient (Wildman–Crippen LogP) is 1.02. The predicted molar refractivity (Wildman–Crippen MR) is 64.3 cm³/mol. The molecular weight excluding hydrogens is 200 g/mol. The summed E-state index contributed by atoms with van der Waals surface area (Å²) in [6.07, 6.45) is 2.14. The van der Waals surface area contributed by atoms with Crippen molar-refractivity contribution in [1.82, 2.24) is 10.6 Å². The third-order valence-electron chi connectivity index (χ3n) is 2.96. The third-order valence-corrected chi connectivity index (χ3v) is 2.96. The summed E-state index contributed by atoms with van der Waals surface area (Å²) in [5.74, 6) is 0.104. The Morgan fingerprint density at radius 1 is 1.44 bits per heavy atom. The molecule has 2 rings (SSSR count). The van der Waals surface area contributed by atoms with Crippen LogP contribution in [0, 0.1) is 6.92 Å². The normalized spacial score (nSPS) is 20.6. The van der Waals surface area contributed by atoms with Gasteiger partial charge in [-0.1, -0.05) is 29.8 Å². The fraction of sp³-hybridized carbons (Fsp3) is 0.462. The second-order valence-corrected chi connectivity index (χ2v) is 4.41. The first kappa shape index (κ1) is 11.1. The number of benzene rings is 1. The molecular formula is C13H18N2O. The van der Waals surface area contributed by atoms with E-state index in [-0.39, 0.29) is 5.91 Å². The number of nitrogens with one attached hydrogen (secondary N) is 2. The molecule has 1 saturated heterocycles. The fourth-order valence-electron chi connectivity index (χ4n) is 2.02. The number of rotatable bonds is 3. The maximum atomic E-state index is 11.0. The number of aryl methyl sites for hydroxylation is 2. The Kier molecular flexibility index (Phi) is 3.57. The first-order valence-corrected chi connectivity index (χ1v) is 5.79. The number of hydrogen-bond acceptors (Lipinski definition) is 2. The molecule has 1 heterocycles. The molecule has 86 valence electrons. The summed E-state index contributed by atoms with van der Waals surface area (Å²) in [4.78, 5) is 11.0. The van der Waals surface area contributed by atoms with Crippen LogP contribution in [-0.4, -0.2) is 25.0 Å². The maximum Gasteiger partial charge on any atom is 0.234 e. The minimum absolute atomic E-state index is 0.104. The lowest BCUT2D eigenvalue weighted by Gasteiger charge is -2.23. The molecule has 0 saturated carbocycles. The molecule has 1 fully saturated rings. The average Bonchev–Trinajstić information content (AvgIpc) is 2.28. The lowest BCUT2D eigenvalue weighted by atomic mass is 10.0. The van der Waals surface area contributed by atoms with E-state index in [1.54, 1.807) is 0 Å². The second-order valence-electron chi connectivity index (χ2n) is 4.41. The van der Waals surface area contributed by atoms with Gasteiger partial charge in [0, 0.05) is 12.6 Å². The number of carbonyl (C=O) groups is 1. The summed E-state index contributed by atoms with van der Waals surface area (Å²) >= 11 is 0. The third kappa shape index (κ3) is 3.07. The van der Waals surface area contributed by atoms with E-state index in [1.165, 1.54) is 11.1 Å². The first-order valence-electron chi connectivity index (χ1n) is 5.79. The van der Waals surface area contributed by atoms with E-state index in [9.17, 15) is 4.79 Å². The highest BCUT2D eigenvalue weighted by molar-refractivity contribution is 5.78. The molecule has 0 aromatic heterocycles. The van der Waals surface area contributed by atoms with E-state index in [1.807, 2.05) is 0 Å². The lowest BCUT2D eigenvalue weighted by Crippen LogP contribution is -2.51. The number of piperazine rings is 1. The van der Waals surface area contributed by atoms with Crippen LogP contribution in [0.1, 0.15) is 17.5 Å². The van der Waals surface area contributed by atoms with Crippen molar-refractivity contribution in [2.75, 3.05) is 13.1 Å². The van der Waals surface area contributed by atoms with Crippen LogP contribution in [0.15, 0.2) is 24.3 Å². The summed E-state index contributed by atoms with van der Waals surface area (Å²) < 4.78 is 0. The minimum Gasteiger partial charge on any atom is -0.353 e. The van der Waals surface area contributed by atoms with Crippen LogP contribution in [0.3, 0.4) is 0 Å². The Morgan fingerprint density at radius 2 is 2.31 bits per heavy atom. The van der Waals surface area contributed by atoms with Gasteiger partial charge in [0.25, 0.3) is 0 Å². The standard InChI is InChI=1S/C13H18N2O/c1-10-3-2-4-11(7-10)5-6-12-8-15-13(16)9-14-12/h2-4,7,12,14H,5-6,8-9H2,1H3,(H,15,16). The smallest absolute Gasteiger partial charge is 0.234 e. The van der Waals surface area contributed by atoms with E-state index >= 15 is 0 Å². The minimum atomic E-state index is 0.104. The van der Waals surface area contributed by atoms with E-state index in [2.05, 4.69) is 41.8 Å². The van der Waals surface area contributed by atoms with Crippen molar-refractivity contribution < 1.29 is 4.79 Å². The van der Waals surface area contributed by atoms with Crippen LogP contribution in [0.4, 0.5) is 0 Å². The van der Waals surface area contributed by atoms with E-state index in [0.29, 0.717) is 12.6 Å². The summed E-state index contributed by atoms with van der Waals surface area (Å²) in [6.45, 7) is 3.33. The van der Waals surface area contributed by atoms with E-state index in [4.69, 9.17) is 0 Å². The Balaban J connectivity index is 1.81. The Morgan fingerprint density at radius 3 is 3.00 bits per heavy atom. The van der Waals surface area contributed by atoms with Gasteiger partial charge >= 0.3 is 0 Å². The van der Waals surface area contributed by atoms with Gasteiger partial charge < -0.3 is 10.6 Å². The molecule has 1 aromatic rings. The fourth-order valence-corrected chi connectivity index (χ4v) is 2.02. The lowest BCUT2D eigenvalue weighted by molar-refractivity contribution is -0.121. The average molecular weight is 218 g/mol. The summed E-state index contributed by atoms with van der Waals surface area (Å²) in [6, 6.07) is 9.01. The molecule has 1 aliphatic rings.